The van der Waals surface area contributed by atoms with Crippen LogP contribution in [0.15, 0.2) is 23.3 Å². The maximum absolute atomic E-state index is 10.7. The van der Waals surface area contributed by atoms with E-state index in [1.165, 1.54) is 6.07 Å². The van der Waals surface area contributed by atoms with Crippen LogP contribution in [0.4, 0.5) is 5.69 Å². The summed E-state index contributed by atoms with van der Waals surface area (Å²) in [6.07, 6.45) is 0. The van der Waals surface area contributed by atoms with Crippen molar-refractivity contribution in [3.05, 3.63) is 28.6 Å². The van der Waals surface area contributed by atoms with Gasteiger partial charge in [-0.15, -0.1) is 0 Å². The van der Waals surface area contributed by atoms with Gasteiger partial charge in [0.05, 0.1) is 16.3 Å². The van der Waals surface area contributed by atoms with E-state index < -0.39 is 0 Å². The summed E-state index contributed by atoms with van der Waals surface area (Å²) in [6.45, 7) is 0. The fourth-order valence-corrected chi connectivity index (χ4v) is 1.79. The first-order valence-electron chi connectivity index (χ1n) is 3.18. The molecule has 1 aromatic rings. The van der Waals surface area contributed by atoms with Gasteiger partial charge in [-0.05, 0) is 11.6 Å². The summed E-state index contributed by atoms with van der Waals surface area (Å²) in [4.78, 5) is 2.57. The van der Waals surface area contributed by atoms with E-state index in [1.54, 1.807) is 12.1 Å². The van der Waals surface area contributed by atoms with Crippen molar-refractivity contribution in [3.8, 4) is 0 Å². The molecule has 0 aliphatic heterocycles. The van der Waals surface area contributed by atoms with E-state index >= 15 is 0 Å². The van der Waals surface area contributed by atoms with Gasteiger partial charge in [0.15, 0.2) is 16.9 Å². The average Bonchev–Trinajstić information content (AvgIpc) is 2.18. The van der Waals surface area contributed by atoms with Gasteiger partial charge in [-0.1, -0.05) is 17.2 Å². The Balaban J connectivity index is 3.42. The summed E-state index contributed by atoms with van der Waals surface area (Å²) >= 11 is 0. The quantitative estimate of drug-likeness (QED) is 0.333. The predicted molar refractivity (Wildman–Crippen MR) is 49.7 cm³/mol. The van der Waals surface area contributed by atoms with Gasteiger partial charge in [-0.25, -0.2) is 0 Å². The minimum atomic E-state index is -0.306. The van der Waals surface area contributed by atoms with Gasteiger partial charge in [-0.3, -0.25) is 9.13 Å². The number of rotatable bonds is 3. The zero-order valence-corrected chi connectivity index (χ0v) is 8.07. The molecule has 0 radical (unpaired) electrons. The maximum Gasteiger partial charge on any atom is 0.193 e. The van der Waals surface area contributed by atoms with Crippen molar-refractivity contribution < 1.29 is 9.13 Å². The third kappa shape index (κ3) is 2.10. The molecule has 13 heavy (non-hydrogen) atoms. The number of azide groups is 1. The molecule has 1 aromatic carbocycles. The van der Waals surface area contributed by atoms with Crippen LogP contribution in [-0.4, -0.2) is 0 Å². The van der Waals surface area contributed by atoms with E-state index in [0.29, 0.717) is 5.30 Å². The van der Waals surface area contributed by atoms with Crippen molar-refractivity contribution in [2.24, 2.45) is 5.11 Å². The third-order valence-electron chi connectivity index (χ3n) is 1.34. The van der Waals surface area contributed by atoms with E-state index in [4.69, 9.17) is 5.53 Å². The lowest BCUT2D eigenvalue weighted by Gasteiger charge is -1.96. The van der Waals surface area contributed by atoms with Gasteiger partial charge in [0, 0.05) is 4.91 Å². The van der Waals surface area contributed by atoms with Crippen molar-refractivity contribution in [2.75, 3.05) is 0 Å². The lowest BCUT2D eigenvalue weighted by molar-refractivity contribution is 0.601. The largest absolute Gasteiger partial charge is 0.269 e. The number of benzene rings is 1. The van der Waals surface area contributed by atoms with Gasteiger partial charge >= 0.3 is 0 Å². The maximum atomic E-state index is 10.7. The highest BCUT2D eigenvalue weighted by atomic mass is 31.1. The number of nitrogens with zero attached hydrogens (tertiary/aromatic N) is 3. The molecule has 0 saturated heterocycles. The molecule has 0 heterocycles. The Bertz CT molecular complexity index is 401. The van der Waals surface area contributed by atoms with Crippen LogP contribution >= 0.6 is 16.9 Å². The highest BCUT2D eigenvalue weighted by Gasteiger charge is 2.06. The summed E-state index contributed by atoms with van der Waals surface area (Å²) in [5.74, 6) is 0. The van der Waals surface area contributed by atoms with Crippen LogP contribution in [0.3, 0.4) is 0 Å². The minimum absolute atomic E-state index is 0.236. The molecular formula is C6H3N3O2P2. The first-order chi connectivity index (χ1) is 6.33. The second-order valence-electron chi connectivity index (χ2n) is 2.02. The van der Waals surface area contributed by atoms with Crippen LogP contribution in [0.2, 0.25) is 0 Å². The molecule has 0 bridgehead atoms. The molecule has 0 spiro atoms. The molecule has 0 unspecified atom stereocenters. The van der Waals surface area contributed by atoms with E-state index in [2.05, 4.69) is 10.0 Å². The fourth-order valence-electron chi connectivity index (χ4n) is 0.816. The van der Waals surface area contributed by atoms with Crippen LogP contribution in [0, 0.1) is 0 Å². The van der Waals surface area contributed by atoms with E-state index in [9.17, 15) is 9.13 Å². The molecule has 0 N–H and O–H groups in total. The normalized spacial score (nSPS) is 9.85. The highest BCUT2D eigenvalue weighted by Crippen LogP contribution is 2.14. The second-order valence-corrected chi connectivity index (χ2v) is 3.31. The molecule has 0 aliphatic rings. The zero-order valence-electron chi connectivity index (χ0n) is 6.28. The molecule has 0 aromatic heterocycles. The van der Waals surface area contributed by atoms with E-state index in [1.807, 2.05) is 0 Å². The smallest absolute Gasteiger partial charge is 0.193 e. The summed E-state index contributed by atoms with van der Waals surface area (Å²) in [5, 5.41) is 3.94. The fraction of sp³-hybridized carbons (Fsp3) is 0. The third-order valence-corrected chi connectivity index (χ3v) is 2.73. The summed E-state index contributed by atoms with van der Waals surface area (Å²) in [7, 11) is -0.548. The van der Waals surface area contributed by atoms with Crippen LogP contribution in [0.5, 0.6) is 0 Å². The van der Waals surface area contributed by atoms with E-state index in [0.717, 1.165) is 0 Å². The number of hydrogen-bond donors (Lipinski definition) is 0. The Kier molecular flexibility index (Phi) is 3.53. The summed E-state index contributed by atoms with van der Waals surface area (Å²) in [5.41, 5.74) is 8.41. The Labute approximate surface area is 76.8 Å². The van der Waals surface area contributed by atoms with Crippen LogP contribution in [-0.2, 0) is 9.13 Å². The van der Waals surface area contributed by atoms with Gasteiger partial charge in [0.1, 0.15) is 0 Å². The van der Waals surface area contributed by atoms with Crippen LogP contribution < -0.4 is 10.6 Å². The van der Waals surface area contributed by atoms with Gasteiger partial charge < -0.3 is 0 Å². The monoisotopic (exact) mass is 211 g/mol. The average molecular weight is 211 g/mol. The van der Waals surface area contributed by atoms with Gasteiger partial charge in [0.2, 0.25) is 0 Å². The van der Waals surface area contributed by atoms with Crippen molar-refractivity contribution in [1.82, 2.24) is 0 Å². The molecule has 0 atom stereocenters. The minimum Gasteiger partial charge on any atom is -0.269 e. The molecule has 0 saturated carbocycles. The summed E-state index contributed by atoms with van der Waals surface area (Å²) < 4.78 is 21.2. The van der Waals surface area contributed by atoms with E-state index in [-0.39, 0.29) is 27.9 Å². The van der Waals surface area contributed by atoms with Gasteiger partial charge in [-0.2, -0.15) is 0 Å². The van der Waals surface area contributed by atoms with Crippen molar-refractivity contribution >= 4 is 33.2 Å². The molecule has 0 fully saturated rings. The summed E-state index contributed by atoms with van der Waals surface area (Å²) in [6, 6.07) is 4.64. The van der Waals surface area contributed by atoms with Crippen molar-refractivity contribution in [2.45, 2.75) is 0 Å². The SMILES string of the molecule is [N-]=[N+]=Nc1cccc(P=O)c1P=O. The highest BCUT2D eigenvalue weighted by molar-refractivity contribution is 7.42. The zero-order chi connectivity index (χ0) is 9.68. The molecule has 1 rings (SSSR count). The molecular weight excluding hydrogens is 208 g/mol. The van der Waals surface area contributed by atoms with Crippen LogP contribution in [0.1, 0.15) is 0 Å². The Morgan fingerprint density at radius 3 is 2.62 bits per heavy atom. The molecule has 64 valence electrons. The topological polar surface area (TPSA) is 82.9 Å². The number of hydrogen-bond acceptors (Lipinski definition) is 3. The lowest BCUT2D eigenvalue weighted by atomic mass is 10.3. The van der Waals surface area contributed by atoms with Crippen molar-refractivity contribution in [3.63, 3.8) is 0 Å². The predicted octanol–water partition coefficient (Wildman–Crippen LogP) is 2.46. The Hall–Kier alpha value is -1.27. The molecule has 5 nitrogen and oxygen atoms in total. The molecule has 7 heteroatoms. The first kappa shape index (κ1) is 9.82. The standard InChI is InChI=1S/C6H3N3O2P2/c7-9-8-4-2-1-3-5(12-10)6(4)13-11/h1-3H. The Morgan fingerprint density at radius 1 is 1.31 bits per heavy atom. The van der Waals surface area contributed by atoms with Crippen molar-refractivity contribution in [1.29, 1.82) is 0 Å². The van der Waals surface area contributed by atoms with Gasteiger partial charge in [0.25, 0.3) is 0 Å². The Morgan fingerprint density at radius 2 is 2.08 bits per heavy atom. The first-order valence-corrected chi connectivity index (χ1v) is 4.80. The second kappa shape index (κ2) is 4.68. The lowest BCUT2D eigenvalue weighted by Crippen LogP contribution is -2.11. The molecule has 0 amide bonds. The molecule has 0 aliphatic carbocycles. The van der Waals surface area contributed by atoms with Crippen LogP contribution in [0.25, 0.3) is 10.4 Å².